The summed E-state index contributed by atoms with van der Waals surface area (Å²) in [5, 5.41) is 8.49. The zero-order valence-corrected chi connectivity index (χ0v) is 11.5. The summed E-state index contributed by atoms with van der Waals surface area (Å²) in [5.41, 5.74) is 4.76. The van der Waals surface area contributed by atoms with E-state index in [1.165, 1.54) is 16.7 Å². The average Bonchev–Trinajstić information content (AvgIpc) is 2.58. The van der Waals surface area contributed by atoms with Crippen molar-refractivity contribution in [2.75, 3.05) is 0 Å². The Hall–Kier alpha value is -1.66. The van der Waals surface area contributed by atoms with E-state index in [-0.39, 0.29) is 0 Å². The molecule has 2 N–H and O–H groups in total. The summed E-state index contributed by atoms with van der Waals surface area (Å²) in [6.07, 6.45) is 2.04. The second kappa shape index (κ2) is 6.32. The standard InChI is InChI=1S/C12H14N2.H3NO2S/c1-9-4-6-11(7-5-9)12-10(2)8-14(3)13-12;1-4(2)3/h4-8H,1-3H3;4H,(H2,1,2,3). The molecule has 0 atom stereocenters. The number of thiol groups is 1. The molecule has 0 radical (unpaired) electrons. The highest BCUT2D eigenvalue weighted by Gasteiger charge is 2.04. The lowest BCUT2D eigenvalue weighted by Gasteiger charge is -1.98. The number of aromatic nitrogens is 2. The molecule has 18 heavy (non-hydrogen) atoms. The first-order valence-electron chi connectivity index (χ1n) is 5.36. The van der Waals surface area contributed by atoms with Crippen molar-refractivity contribution in [3.05, 3.63) is 41.6 Å². The lowest BCUT2D eigenvalue weighted by Crippen LogP contribution is -1.87. The van der Waals surface area contributed by atoms with Gasteiger partial charge in [-0.2, -0.15) is 5.10 Å². The van der Waals surface area contributed by atoms with E-state index in [9.17, 15) is 0 Å². The molecular weight excluding hydrogens is 250 g/mol. The van der Waals surface area contributed by atoms with E-state index in [0.29, 0.717) is 0 Å². The molecule has 0 unspecified atom stereocenters. The first-order chi connectivity index (χ1) is 8.40. The molecule has 5 nitrogen and oxygen atoms in total. The van der Waals surface area contributed by atoms with Gasteiger partial charge >= 0.3 is 0 Å². The maximum atomic E-state index is 8.81. The summed E-state index contributed by atoms with van der Waals surface area (Å²) >= 11 is 0. The predicted octanol–water partition coefficient (Wildman–Crippen LogP) is 1.18. The molecule has 1 aromatic heterocycles. The lowest BCUT2D eigenvalue weighted by atomic mass is 10.1. The van der Waals surface area contributed by atoms with Crippen LogP contribution in [-0.4, -0.2) is 18.2 Å². The molecule has 6 heteroatoms. The van der Waals surface area contributed by atoms with Gasteiger partial charge in [-0.25, -0.2) is 13.6 Å². The first-order valence-corrected chi connectivity index (χ1v) is 6.61. The molecule has 2 aromatic rings. The molecule has 1 heterocycles. The fourth-order valence-corrected chi connectivity index (χ4v) is 1.60. The number of hydrogen-bond acceptors (Lipinski definition) is 3. The third-order valence-corrected chi connectivity index (χ3v) is 2.34. The van der Waals surface area contributed by atoms with E-state index in [2.05, 4.69) is 48.4 Å². The van der Waals surface area contributed by atoms with Gasteiger partial charge in [0, 0.05) is 18.8 Å². The van der Waals surface area contributed by atoms with Crippen molar-refractivity contribution >= 4 is 10.9 Å². The van der Waals surface area contributed by atoms with E-state index in [4.69, 9.17) is 8.42 Å². The van der Waals surface area contributed by atoms with E-state index >= 15 is 0 Å². The highest BCUT2D eigenvalue weighted by molar-refractivity contribution is 7.69. The van der Waals surface area contributed by atoms with Crippen molar-refractivity contribution in [3.8, 4) is 11.3 Å². The maximum absolute atomic E-state index is 8.81. The molecule has 0 saturated carbocycles. The van der Waals surface area contributed by atoms with Crippen molar-refractivity contribution in [1.82, 2.24) is 9.78 Å². The first kappa shape index (κ1) is 14.4. The van der Waals surface area contributed by atoms with Crippen LogP contribution < -0.4 is 5.14 Å². The molecule has 0 fully saturated rings. The second-order valence-electron chi connectivity index (χ2n) is 3.99. The van der Waals surface area contributed by atoms with Crippen LogP contribution in [0.25, 0.3) is 11.3 Å². The zero-order chi connectivity index (χ0) is 13.7. The number of hydrogen-bond donors (Lipinski definition) is 2. The van der Waals surface area contributed by atoms with Crippen molar-refractivity contribution < 1.29 is 8.42 Å². The van der Waals surface area contributed by atoms with E-state index in [0.717, 1.165) is 5.69 Å². The van der Waals surface area contributed by atoms with Crippen molar-refractivity contribution in [2.45, 2.75) is 13.8 Å². The van der Waals surface area contributed by atoms with Gasteiger partial charge in [-0.05, 0) is 19.4 Å². The smallest absolute Gasteiger partial charge is 0.198 e. The maximum Gasteiger partial charge on any atom is 0.198 e. The topological polar surface area (TPSA) is 78.0 Å². The van der Waals surface area contributed by atoms with Gasteiger partial charge in [0.05, 0.1) is 5.69 Å². The minimum absolute atomic E-state index is 1.08. The summed E-state index contributed by atoms with van der Waals surface area (Å²) in [7, 11) is -0.671. The Morgan fingerprint density at radius 3 is 2.06 bits per heavy atom. The van der Waals surface area contributed by atoms with E-state index < -0.39 is 10.9 Å². The normalized spacial score (nSPS) is 10.1. The molecule has 0 bridgehead atoms. The molecular formula is C12H17N3O2S. The van der Waals surface area contributed by atoms with Crippen molar-refractivity contribution in [2.24, 2.45) is 12.2 Å². The minimum atomic E-state index is -2.62. The van der Waals surface area contributed by atoms with Gasteiger partial charge < -0.3 is 0 Å². The molecule has 0 aliphatic carbocycles. The largest absolute Gasteiger partial charge is 0.275 e. The molecule has 0 spiro atoms. The summed E-state index contributed by atoms with van der Waals surface area (Å²) in [4.78, 5) is 0. The summed E-state index contributed by atoms with van der Waals surface area (Å²) in [6, 6.07) is 8.46. The van der Waals surface area contributed by atoms with Gasteiger partial charge in [-0.1, -0.05) is 29.8 Å². The van der Waals surface area contributed by atoms with Crippen molar-refractivity contribution in [1.29, 1.82) is 0 Å². The summed E-state index contributed by atoms with van der Waals surface area (Å²) < 4.78 is 19.5. The van der Waals surface area contributed by atoms with Crippen LogP contribution in [0.15, 0.2) is 30.5 Å². The van der Waals surface area contributed by atoms with Gasteiger partial charge in [0.15, 0.2) is 10.9 Å². The Morgan fingerprint density at radius 1 is 1.17 bits per heavy atom. The second-order valence-corrected chi connectivity index (χ2v) is 4.56. The number of nitrogens with zero attached hydrogens (tertiary/aromatic N) is 2. The minimum Gasteiger partial charge on any atom is -0.275 e. The van der Waals surface area contributed by atoms with Crippen LogP contribution in [0.1, 0.15) is 11.1 Å². The molecule has 0 saturated heterocycles. The lowest BCUT2D eigenvalue weighted by molar-refractivity contribution is 0.616. The van der Waals surface area contributed by atoms with Gasteiger partial charge in [0.25, 0.3) is 0 Å². The third kappa shape index (κ3) is 4.31. The monoisotopic (exact) mass is 267 g/mol. The molecule has 0 aliphatic rings. The van der Waals surface area contributed by atoms with Crippen LogP contribution in [0.3, 0.4) is 0 Å². The highest BCUT2D eigenvalue weighted by Crippen LogP contribution is 2.21. The van der Waals surface area contributed by atoms with Crippen LogP contribution in [0.2, 0.25) is 0 Å². The quantitative estimate of drug-likeness (QED) is 0.761. The van der Waals surface area contributed by atoms with Crippen molar-refractivity contribution in [3.63, 3.8) is 0 Å². The van der Waals surface area contributed by atoms with Crippen LogP contribution in [0.4, 0.5) is 0 Å². The Bertz CT molecular complexity index is 578. The van der Waals surface area contributed by atoms with Crippen LogP contribution in [0, 0.1) is 13.8 Å². The Labute approximate surface area is 108 Å². The number of aryl methyl sites for hydroxylation is 3. The average molecular weight is 267 g/mol. The Morgan fingerprint density at radius 2 is 1.67 bits per heavy atom. The predicted molar refractivity (Wildman–Crippen MR) is 72.6 cm³/mol. The molecule has 1 aromatic carbocycles. The summed E-state index contributed by atoms with van der Waals surface area (Å²) in [5.74, 6) is 0. The number of benzene rings is 1. The fourth-order valence-electron chi connectivity index (χ4n) is 1.60. The zero-order valence-electron chi connectivity index (χ0n) is 10.6. The van der Waals surface area contributed by atoms with Crippen LogP contribution in [-0.2, 0) is 17.9 Å². The molecule has 98 valence electrons. The Kier molecular flexibility index (Phi) is 5.06. The SMILES string of the molecule is Cc1ccc(-c2nn(C)cc2C)cc1.N[SH](=O)=O. The third-order valence-electron chi connectivity index (χ3n) is 2.34. The van der Waals surface area contributed by atoms with Gasteiger partial charge in [-0.15, -0.1) is 0 Å². The van der Waals surface area contributed by atoms with Gasteiger partial charge in [0.1, 0.15) is 0 Å². The van der Waals surface area contributed by atoms with Crippen LogP contribution in [0.5, 0.6) is 0 Å². The van der Waals surface area contributed by atoms with E-state index in [1.807, 2.05) is 17.9 Å². The van der Waals surface area contributed by atoms with Crippen LogP contribution >= 0.6 is 0 Å². The highest BCUT2D eigenvalue weighted by atomic mass is 32.2. The molecule has 0 aliphatic heterocycles. The van der Waals surface area contributed by atoms with E-state index in [1.54, 1.807) is 0 Å². The van der Waals surface area contributed by atoms with Gasteiger partial charge in [0.2, 0.25) is 0 Å². The summed E-state index contributed by atoms with van der Waals surface area (Å²) in [6.45, 7) is 4.18. The number of rotatable bonds is 1. The molecule has 0 amide bonds. The molecule has 2 rings (SSSR count). The fraction of sp³-hybridized carbons (Fsp3) is 0.250. The number of nitrogens with two attached hydrogens (primary N) is 1. The Balaban J connectivity index is 0.000000357. The van der Waals surface area contributed by atoms with Gasteiger partial charge in [-0.3, -0.25) is 4.68 Å².